The molecule has 2 aliphatic carbocycles. The highest BCUT2D eigenvalue weighted by atomic mass is 32.2. The van der Waals surface area contributed by atoms with Crippen LogP contribution >= 0.6 is 0 Å². The summed E-state index contributed by atoms with van der Waals surface area (Å²) in [6.45, 7) is 2.26. The fourth-order valence-corrected chi connectivity index (χ4v) is 4.81. The molecule has 2 aliphatic rings. The number of amides is 1. The quantitative estimate of drug-likeness (QED) is 0.772. The van der Waals surface area contributed by atoms with E-state index >= 15 is 0 Å². The lowest BCUT2D eigenvalue weighted by Crippen LogP contribution is -2.43. The van der Waals surface area contributed by atoms with E-state index in [9.17, 15) is 13.2 Å². The largest absolute Gasteiger partial charge is 0.333 e. The second kappa shape index (κ2) is 7.48. The van der Waals surface area contributed by atoms with Gasteiger partial charge >= 0.3 is 0 Å². The smallest absolute Gasteiger partial charge is 0.254 e. The maximum Gasteiger partial charge on any atom is 0.254 e. The molecule has 25 heavy (non-hydrogen) atoms. The van der Waals surface area contributed by atoms with Crippen molar-refractivity contribution < 1.29 is 13.2 Å². The molecule has 0 aromatic heterocycles. The summed E-state index contributed by atoms with van der Waals surface area (Å²) in [6, 6.07) is 7.90. The van der Waals surface area contributed by atoms with Gasteiger partial charge in [0.1, 0.15) is 0 Å². The summed E-state index contributed by atoms with van der Waals surface area (Å²) in [5.74, 6) is 0.963. The fourth-order valence-electron chi connectivity index (χ4n) is 4.01. The third kappa shape index (κ3) is 4.84. The number of rotatable bonds is 6. The highest BCUT2D eigenvalue weighted by molar-refractivity contribution is 7.89. The van der Waals surface area contributed by atoms with E-state index in [0.29, 0.717) is 17.6 Å². The molecule has 0 unspecified atom stereocenters. The zero-order valence-corrected chi connectivity index (χ0v) is 16.1. The molecule has 0 atom stereocenters. The Morgan fingerprint density at radius 3 is 1.96 bits per heavy atom. The molecule has 0 N–H and O–H groups in total. The number of hydrogen-bond acceptors (Lipinski definition) is 3. The van der Waals surface area contributed by atoms with Gasteiger partial charge < -0.3 is 4.90 Å². The van der Waals surface area contributed by atoms with Crippen molar-refractivity contribution in [2.45, 2.75) is 69.7 Å². The predicted octanol–water partition coefficient (Wildman–Crippen LogP) is 3.80. The van der Waals surface area contributed by atoms with Crippen LogP contribution in [0.25, 0.3) is 0 Å². The molecule has 1 amide bonds. The van der Waals surface area contributed by atoms with Gasteiger partial charge in [-0.25, -0.2) is 8.42 Å². The van der Waals surface area contributed by atoms with E-state index in [1.165, 1.54) is 25.5 Å². The summed E-state index contributed by atoms with van der Waals surface area (Å²) in [6.07, 6.45) is 9.40. The Labute approximate surface area is 151 Å². The Morgan fingerprint density at radius 2 is 1.52 bits per heavy atom. The van der Waals surface area contributed by atoms with E-state index in [1.54, 1.807) is 24.3 Å². The van der Waals surface area contributed by atoms with Crippen LogP contribution in [0.15, 0.2) is 24.3 Å². The molecule has 2 fully saturated rings. The highest BCUT2D eigenvalue weighted by Crippen LogP contribution is 2.37. The van der Waals surface area contributed by atoms with Crippen LogP contribution in [-0.4, -0.2) is 37.6 Å². The normalized spacial score (nSPS) is 24.1. The minimum absolute atomic E-state index is 0.0227. The first-order valence-corrected chi connectivity index (χ1v) is 11.5. The predicted molar refractivity (Wildman–Crippen MR) is 100 cm³/mol. The van der Waals surface area contributed by atoms with Gasteiger partial charge in [-0.15, -0.1) is 0 Å². The number of carbonyl (C=O) groups excluding carboxylic acids is 1. The summed E-state index contributed by atoms with van der Waals surface area (Å²) in [5, 5.41) is 0. The van der Waals surface area contributed by atoms with E-state index in [0.717, 1.165) is 37.2 Å². The van der Waals surface area contributed by atoms with Gasteiger partial charge in [0.15, 0.2) is 9.84 Å². The zero-order chi connectivity index (χ0) is 18.0. The van der Waals surface area contributed by atoms with Crippen molar-refractivity contribution in [3.05, 3.63) is 35.4 Å². The Morgan fingerprint density at radius 1 is 1.00 bits per heavy atom. The SMILES string of the molecule is CCC1CCC(N(C(=O)c2ccc(CS(C)(=O)=O)cc2)C2CC2)CC1. The third-order valence-electron chi connectivity index (χ3n) is 5.59. The van der Waals surface area contributed by atoms with Gasteiger partial charge in [0.05, 0.1) is 5.75 Å². The lowest BCUT2D eigenvalue weighted by molar-refractivity contribution is 0.0587. The first kappa shape index (κ1) is 18.4. The van der Waals surface area contributed by atoms with Gasteiger partial charge in [-0.2, -0.15) is 0 Å². The van der Waals surface area contributed by atoms with Crippen molar-refractivity contribution in [2.75, 3.05) is 6.26 Å². The lowest BCUT2D eigenvalue weighted by atomic mass is 9.83. The van der Waals surface area contributed by atoms with Crippen molar-refractivity contribution >= 4 is 15.7 Å². The third-order valence-corrected chi connectivity index (χ3v) is 6.45. The van der Waals surface area contributed by atoms with Gasteiger partial charge in [-0.05, 0) is 62.1 Å². The molecule has 0 bridgehead atoms. The first-order chi connectivity index (χ1) is 11.9. The second-order valence-corrected chi connectivity index (χ2v) is 9.93. The molecular weight excluding hydrogens is 334 g/mol. The minimum Gasteiger partial charge on any atom is -0.333 e. The molecule has 4 nitrogen and oxygen atoms in total. The molecule has 0 heterocycles. The van der Waals surface area contributed by atoms with Gasteiger partial charge in [0.25, 0.3) is 5.91 Å². The maximum atomic E-state index is 13.1. The zero-order valence-electron chi connectivity index (χ0n) is 15.3. The highest BCUT2D eigenvalue weighted by Gasteiger charge is 2.38. The fraction of sp³-hybridized carbons (Fsp3) is 0.650. The van der Waals surface area contributed by atoms with Crippen LogP contribution in [-0.2, 0) is 15.6 Å². The Balaban J connectivity index is 1.71. The first-order valence-electron chi connectivity index (χ1n) is 9.46. The molecule has 0 aliphatic heterocycles. The number of carbonyl (C=O) groups is 1. The average molecular weight is 364 g/mol. The van der Waals surface area contributed by atoms with Gasteiger partial charge in [-0.3, -0.25) is 4.79 Å². The van der Waals surface area contributed by atoms with Crippen LogP contribution in [0.1, 0.15) is 67.8 Å². The molecule has 1 aromatic rings. The van der Waals surface area contributed by atoms with E-state index in [4.69, 9.17) is 0 Å². The second-order valence-electron chi connectivity index (χ2n) is 7.79. The molecule has 0 spiro atoms. The lowest BCUT2D eigenvalue weighted by Gasteiger charge is -2.37. The van der Waals surface area contributed by atoms with Crippen molar-refractivity contribution in [2.24, 2.45) is 5.92 Å². The van der Waals surface area contributed by atoms with E-state index in [-0.39, 0.29) is 11.7 Å². The number of hydrogen-bond donors (Lipinski definition) is 0. The van der Waals surface area contributed by atoms with Crippen molar-refractivity contribution in [1.82, 2.24) is 4.90 Å². The summed E-state index contributed by atoms with van der Waals surface area (Å²) < 4.78 is 22.8. The monoisotopic (exact) mass is 363 g/mol. The summed E-state index contributed by atoms with van der Waals surface area (Å²) >= 11 is 0. The van der Waals surface area contributed by atoms with Crippen LogP contribution < -0.4 is 0 Å². The maximum absolute atomic E-state index is 13.1. The van der Waals surface area contributed by atoms with Gasteiger partial charge in [-0.1, -0.05) is 25.5 Å². The van der Waals surface area contributed by atoms with Gasteiger partial charge in [0.2, 0.25) is 0 Å². The molecule has 5 heteroatoms. The molecular formula is C20H29NO3S. The summed E-state index contributed by atoms with van der Waals surface area (Å²) in [7, 11) is -3.05. The molecule has 0 saturated heterocycles. The van der Waals surface area contributed by atoms with E-state index in [2.05, 4.69) is 11.8 Å². The van der Waals surface area contributed by atoms with Crippen LogP contribution in [0, 0.1) is 5.92 Å². The standard InChI is InChI=1S/C20H29NO3S/c1-3-15-6-10-18(11-7-15)21(19-12-13-19)20(22)17-8-4-16(5-9-17)14-25(2,23)24/h4-5,8-9,15,18-19H,3,6-7,10-14H2,1-2H3. The number of nitrogens with zero attached hydrogens (tertiary/aromatic N) is 1. The van der Waals surface area contributed by atoms with Crippen molar-refractivity contribution in [3.8, 4) is 0 Å². The Kier molecular flexibility index (Phi) is 5.52. The van der Waals surface area contributed by atoms with Crippen LogP contribution in [0.4, 0.5) is 0 Å². The minimum atomic E-state index is -3.05. The Hall–Kier alpha value is -1.36. The summed E-state index contributed by atoms with van der Waals surface area (Å²) in [5.41, 5.74) is 1.42. The molecule has 138 valence electrons. The number of benzene rings is 1. The van der Waals surface area contributed by atoms with Gasteiger partial charge in [0, 0.05) is 23.9 Å². The molecule has 2 saturated carbocycles. The van der Waals surface area contributed by atoms with Crippen LogP contribution in [0.3, 0.4) is 0 Å². The average Bonchev–Trinajstić information content (AvgIpc) is 3.40. The van der Waals surface area contributed by atoms with Crippen LogP contribution in [0.2, 0.25) is 0 Å². The van der Waals surface area contributed by atoms with Crippen molar-refractivity contribution in [3.63, 3.8) is 0 Å². The topological polar surface area (TPSA) is 54.5 Å². The van der Waals surface area contributed by atoms with Crippen molar-refractivity contribution in [1.29, 1.82) is 0 Å². The molecule has 3 rings (SSSR count). The molecule has 0 radical (unpaired) electrons. The van der Waals surface area contributed by atoms with E-state index in [1.807, 2.05) is 0 Å². The van der Waals surface area contributed by atoms with Crippen LogP contribution in [0.5, 0.6) is 0 Å². The van der Waals surface area contributed by atoms with E-state index < -0.39 is 9.84 Å². The number of sulfone groups is 1. The molecule has 1 aromatic carbocycles. The summed E-state index contributed by atoms with van der Waals surface area (Å²) in [4.78, 5) is 15.2. The Bertz CT molecular complexity index is 699.